The van der Waals surface area contributed by atoms with Gasteiger partial charge in [-0.25, -0.2) is 4.98 Å². The van der Waals surface area contributed by atoms with E-state index in [0.29, 0.717) is 17.4 Å². The van der Waals surface area contributed by atoms with Crippen molar-refractivity contribution in [2.75, 3.05) is 5.73 Å². The van der Waals surface area contributed by atoms with Gasteiger partial charge in [-0.2, -0.15) is 5.10 Å². The smallest absolute Gasteiger partial charge is 0.177 e. The van der Waals surface area contributed by atoms with Gasteiger partial charge in [-0.15, -0.1) is 5.10 Å². The number of hydrogen-bond donors (Lipinski definition) is 2. The van der Waals surface area contributed by atoms with Gasteiger partial charge in [-0.05, 0) is 56.3 Å². The number of nitrogens with two attached hydrogens (primary N) is 1. The summed E-state index contributed by atoms with van der Waals surface area (Å²) in [4.78, 5) is 4.41. The first kappa shape index (κ1) is 19.4. The van der Waals surface area contributed by atoms with E-state index in [4.69, 9.17) is 10.2 Å². The number of furan rings is 1. The second-order valence-electron chi connectivity index (χ2n) is 8.42. The highest BCUT2D eigenvalue weighted by atomic mass is 32.1. The van der Waals surface area contributed by atoms with E-state index in [2.05, 4.69) is 25.9 Å². The van der Waals surface area contributed by atoms with Crippen LogP contribution in [-0.4, -0.2) is 35.6 Å². The van der Waals surface area contributed by atoms with Crippen LogP contribution in [0.4, 0.5) is 5.82 Å². The highest BCUT2D eigenvalue weighted by Crippen LogP contribution is 2.42. The maximum Gasteiger partial charge on any atom is 0.177 e. The fourth-order valence-electron chi connectivity index (χ4n) is 4.73. The molecular weight excluding hydrogens is 424 g/mol. The monoisotopic (exact) mass is 446 g/mol. The Kier molecular flexibility index (Phi) is 4.48. The normalized spacial score (nSPS) is 19.2. The van der Waals surface area contributed by atoms with Gasteiger partial charge < -0.3 is 15.3 Å². The van der Waals surface area contributed by atoms with Gasteiger partial charge in [0.15, 0.2) is 11.4 Å². The van der Waals surface area contributed by atoms with Crippen molar-refractivity contribution >= 4 is 38.5 Å². The minimum Gasteiger partial charge on any atom is -0.452 e. The molecule has 32 heavy (non-hydrogen) atoms. The average molecular weight is 447 g/mol. The van der Waals surface area contributed by atoms with E-state index in [9.17, 15) is 5.11 Å². The van der Waals surface area contributed by atoms with Crippen molar-refractivity contribution in [2.24, 2.45) is 0 Å². The molecule has 0 bridgehead atoms. The van der Waals surface area contributed by atoms with E-state index in [1.54, 1.807) is 6.20 Å². The molecule has 0 unspecified atom stereocenters. The van der Waals surface area contributed by atoms with Crippen molar-refractivity contribution in [1.82, 2.24) is 24.4 Å². The van der Waals surface area contributed by atoms with Crippen molar-refractivity contribution in [3.8, 4) is 22.5 Å². The minimum atomic E-state index is -0.188. The van der Waals surface area contributed by atoms with Crippen molar-refractivity contribution in [1.29, 1.82) is 0 Å². The Labute approximate surface area is 187 Å². The molecule has 162 valence electrons. The van der Waals surface area contributed by atoms with Crippen LogP contribution in [0.25, 0.3) is 43.6 Å². The largest absolute Gasteiger partial charge is 0.452 e. The van der Waals surface area contributed by atoms with E-state index < -0.39 is 0 Å². The quantitative estimate of drug-likeness (QED) is 0.411. The summed E-state index contributed by atoms with van der Waals surface area (Å²) >= 11 is 1.35. The fourth-order valence-corrected chi connectivity index (χ4v) is 5.41. The van der Waals surface area contributed by atoms with E-state index in [0.717, 1.165) is 69.3 Å². The summed E-state index contributed by atoms with van der Waals surface area (Å²) in [5.74, 6) is 1.12. The van der Waals surface area contributed by atoms with Gasteiger partial charge in [0.25, 0.3) is 0 Å². The summed E-state index contributed by atoms with van der Waals surface area (Å²) in [5, 5.41) is 19.6. The van der Waals surface area contributed by atoms with E-state index in [-0.39, 0.29) is 6.10 Å². The number of hydrogen-bond acceptors (Lipinski definition) is 8. The van der Waals surface area contributed by atoms with Crippen LogP contribution in [0.2, 0.25) is 0 Å². The molecule has 4 heterocycles. The molecule has 1 aliphatic rings. The SMILES string of the molecule is Cc1c(-c2cccc3nnsc23)oc2c(N)ncc(-c3cnn([C@H]4CC[C@H](O)CC4)c3)c12. The number of anilines is 1. The fraction of sp³-hybridized carbons (Fsp3) is 0.304. The van der Waals surface area contributed by atoms with Gasteiger partial charge >= 0.3 is 0 Å². The zero-order valence-electron chi connectivity index (χ0n) is 17.5. The molecule has 0 radical (unpaired) electrons. The van der Waals surface area contributed by atoms with Gasteiger partial charge in [-0.1, -0.05) is 10.6 Å². The van der Waals surface area contributed by atoms with E-state index in [1.165, 1.54) is 11.5 Å². The van der Waals surface area contributed by atoms with Gasteiger partial charge in [0.1, 0.15) is 11.3 Å². The summed E-state index contributed by atoms with van der Waals surface area (Å²) in [6.07, 6.45) is 9.04. The lowest BCUT2D eigenvalue weighted by Gasteiger charge is -2.25. The van der Waals surface area contributed by atoms with Crippen molar-refractivity contribution in [3.05, 3.63) is 42.4 Å². The number of aryl methyl sites for hydroxylation is 1. The second kappa shape index (κ2) is 7.39. The minimum absolute atomic E-state index is 0.188. The zero-order chi connectivity index (χ0) is 21.8. The van der Waals surface area contributed by atoms with Crippen LogP contribution in [0.3, 0.4) is 0 Å². The molecule has 0 atom stereocenters. The van der Waals surface area contributed by atoms with Crippen LogP contribution in [0.5, 0.6) is 0 Å². The maximum atomic E-state index is 9.81. The molecule has 1 aromatic carbocycles. The first-order valence-corrected chi connectivity index (χ1v) is 11.5. The zero-order valence-corrected chi connectivity index (χ0v) is 18.3. The summed E-state index contributed by atoms with van der Waals surface area (Å²) in [6.45, 7) is 2.05. The van der Waals surface area contributed by atoms with Crippen molar-refractivity contribution in [3.63, 3.8) is 0 Å². The molecule has 0 aliphatic heterocycles. The molecule has 1 fully saturated rings. The molecule has 0 saturated heterocycles. The summed E-state index contributed by atoms with van der Waals surface area (Å²) in [6, 6.07) is 6.23. The third kappa shape index (κ3) is 3.00. The van der Waals surface area contributed by atoms with Crippen LogP contribution in [-0.2, 0) is 0 Å². The van der Waals surface area contributed by atoms with Crippen LogP contribution in [0.1, 0.15) is 37.3 Å². The Bertz CT molecular complexity index is 1440. The summed E-state index contributed by atoms with van der Waals surface area (Å²) < 4.78 is 13.4. The molecule has 1 aliphatic carbocycles. The predicted octanol–water partition coefficient (Wildman–Crippen LogP) is 4.73. The van der Waals surface area contributed by atoms with Gasteiger partial charge in [0, 0.05) is 40.0 Å². The lowest BCUT2D eigenvalue weighted by atomic mass is 9.93. The third-order valence-corrected chi connectivity index (χ3v) is 7.23. The Morgan fingerprint density at radius 3 is 2.84 bits per heavy atom. The average Bonchev–Trinajstić information content (AvgIpc) is 3.54. The Morgan fingerprint density at radius 2 is 2.00 bits per heavy atom. The van der Waals surface area contributed by atoms with Gasteiger partial charge in [0.05, 0.1) is 23.0 Å². The number of rotatable bonds is 3. The highest BCUT2D eigenvalue weighted by molar-refractivity contribution is 7.13. The molecule has 4 aromatic heterocycles. The Morgan fingerprint density at radius 1 is 1.16 bits per heavy atom. The number of nitrogens with zero attached hydrogens (tertiary/aromatic N) is 5. The van der Waals surface area contributed by atoms with Crippen molar-refractivity contribution in [2.45, 2.75) is 44.8 Å². The molecule has 1 saturated carbocycles. The molecule has 8 nitrogen and oxygen atoms in total. The standard InChI is InChI=1S/C23H22N6O2S/c1-12-19-17(13-9-26-29(11-13)14-5-7-15(30)8-6-14)10-25-23(24)21(19)31-20(12)16-3-2-4-18-22(16)32-28-27-18/h2-4,9-11,14-15,30H,5-8H2,1H3,(H2,24,25)/t14-,15-. The Hall–Kier alpha value is -3.30. The van der Waals surface area contributed by atoms with Crippen LogP contribution < -0.4 is 5.73 Å². The highest BCUT2D eigenvalue weighted by Gasteiger charge is 2.24. The predicted molar refractivity (Wildman–Crippen MR) is 124 cm³/mol. The van der Waals surface area contributed by atoms with E-state index >= 15 is 0 Å². The molecule has 6 rings (SSSR count). The molecule has 9 heteroatoms. The molecule has 3 N–H and O–H groups in total. The molecule has 0 spiro atoms. The number of benzene rings is 1. The summed E-state index contributed by atoms with van der Waals surface area (Å²) in [5.41, 5.74) is 11.5. The number of nitrogen functional groups attached to an aromatic ring is 1. The Balaban J connectivity index is 1.48. The van der Waals surface area contributed by atoms with Crippen LogP contribution >= 0.6 is 11.5 Å². The second-order valence-corrected chi connectivity index (χ2v) is 9.17. The number of aliphatic hydroxyl groups excluding tert-OH is 1. The lowest BCUT2D eigenvalue weighted by molar-refractivity contribution is 0.108. The van der Waals surface area contributed by atoms with Crippen molar-refractivity contribution < 1.29 is 9.52 Å². The first-order valence-electron chi connectivity index (χ1n) is 10.7. The van der Waals surface area contributed by atoms with Gasteiger partial charge in [0.2, 0.25) is 0 Å². The molecule has 0 amide bonds. The van der Waals surface area contributed by atoms with Crippen LogP contribution in [0.15, 0.2) is 41.2 Å². The molecular formula is C23H22N6O2S. The number of fused-ring (bicyclic) bond motifs is 2. The van der Waals surface area contributed by atoms with Crippen LogP contribution in [0, 0.1) is 6.92 Å². The maximum absolute atomic E-state index is 9.81. The number of aliphatic hydroxyl groups is 1. The molecule has 5 aromatic rings. The number of aromatic nitrogens is 5. The lowest BCUT2D eigenvalue weighted by Crippen LogP contribution is -2.21. The summed E-state index contributed by atoms with van der Waals surface area (Å²) in [7, 11) is 0. The topological polar surface area (TPSA) is 116 Å². The first-order chi connectivity index (χ1) is 15.6. The van der Waals surface area contributed by atoms with Gasteiger partial charge in [-0.3, -0.25) is 4.68 Å². The number of pyridine rings is 1. The van der Waals surface area contributed by atoms with E-state index in [1.807, 2.05) is 36.0 Å². The third-order valence-electron chi connectivity index (χ3n) is 6.45.